The van der Waals surface area contributed by atoms with Crippen molar-refractivity contribution < 1.29 is 14.6 Å². The minimum atomic E-state index is -0.933. The molecule has 0 aromatic carbocycles. The van der Waals surface area contributed by atoms with Crippen molar-refractivity contribution >= 4 is 17.3 Å². The number of ether oxygens (including phenoxy) is 1. The molecule has 0 radical (unpaired) electrons. The van der Waals surface area contributed by atoms with Crippen molar-refractivity contribution in [3.63, 3.8) is 0 Å². The van der Waals surface area contributed by atoms with Gasteiger partial charge in [-0.3, -0.25) is 0 Å². The maximum absolute atomic E-state index is 10.8. The van der Waals surface area contributed by atoms with Gasteiger partial charge in [0.15, 0.2) is 5.69 Å². The summed E-state index contributed by atoms with van der Waals surface area (Å²) >= 11 is 1.48. The Morgan fingerprint density at radius 2 is 2.53 bits per heavy atom. The summed E-state index contributed by atoms with van der Waals surface area (Å²) < 4.78 is 5.27. The lowest BCUT2D eigenvalue weighted by molar-refractivity contribution is 0.0690. The molecule has 1 aromatic rings. The van der Waals surface area contributed by atoms with E-state index in [-0.39, 0.29) is 5.69 Å². The topological polar surface area (TPSA) is 59.4 Å². The predicted molar refractivity (Wildman–Crippen MR) is 56.4 cm³/mol. The van der Waals surface area contributed by atoms with Crippen LogP contribution in [0, 0.1) is 12.8 Å². The van der Waals surface area contributed by atoms with Crippen LogP contribution in [0.4, 0.5) is 0 Å². The number of aromatic nitrogens is 1. The van der Waals surface area contributed by atoms with E-state index in [1.165, 1.54) is 11.3 Å². The van der Waals surface area contributed by atoms with Crippen molar-refractivity contribution in [1.29, 1.82) is 0 Å². The van der Waals surface area contributed by atoms with E-state index in [9.17, 15) is 4.79 Å². The normalized spacial score (nSPS) is 20.7. The van der Waals surface area contributed by atoms with E-state index >= 15 is 0 Å². The average molecular weight is 227 g/mol. The molecule has 2 rings (SSSR count). The maximum Gasteiger partial charge on any atom is 0.355 e. The molecule has 0 spiro atoms. The van der Waals surface area contributed by atoms with Crippen LogP contribution < -0.4 is 0 Å². The third kappa shape index (κ3) is 2.35. The molecule has 1 fully saturated rings. The third-order valence-electron chi connectivity index (χ3n) is 2.53. The van der Waals surface area contributed by atoms with Gasteiger partial charge in [-0.15, -0.1) is 11.3 Å². The number of hydrogen-bond donors (Lipinski definition) is 1. The molecule has 0 aliphatic carbocycles. The van der Waals surface area contributed by atoms with Crippen molar-refractivity contribution in [2.75, 3.05) is 13.2 Å². The first kappa shape index (κ1) is 10.6. The molecule has 1 unspecified atom stereocenters. The van der Waals surface area contributed by atoms with Gasteiger partial charge >= 0.3 is 5.97 Å². The number of thiazole rings is 1. The lowest BCUT2D eigenvalue weighted by Crippen LogP contribution is -2.04. The summed E-state index contributed by atoms with van der Waals surface area (Å²) in [5.74, 6) is -0.421. The molecular weight excluding hydrogens is 214 g/mol. The highest BCUT2D eigenvalue weighted by atomic mass is 32.1. The molecule has 1 atom stereocenters. The summed E-state index contributed by atoms with van der Waals surface area (Å²) in [6.45, 7) is 3.40. The Balaban J connectivity index is 2.08. The van der Waals surface area contributed by atoms with E-state index in [4.69, 9.17) is 9.84 Å². The fourth-order valence-corrected chi connectivity index (χ4v) is 2.77. The van der Waals surface area contributed by atoms with Crippen LogP contribution in [0.25, 0.3) is 0 Å². The first-order valence-corrected chi connectivity index (χ1v) is 5.76. The Kier molecular flexibility index (Phi) is 3.02. The molecule has 0 bridgehead atoms. The average Bonchev–Trinajstić information content (AvgIpc) is 2.75. The zero-order valence-electron chi connectivity index (χ0n) is 8.52. The van der Waals surface area contributed by atoms with Crippen molar-refractivity contribution in [3.05, 3.63) is 15.6 Å². The Morgan fingerprint density at radius 1 is 1.73 bits per heavy atom. The van der Waals surface area contributed by atoms with E-state index in [0.29, 0.717) is 5.92 Å². The fourth-order valence-electron chi connectivity index (χ4n) is 1.73. The highest BCUT2D eigenvalue weighted by Crippen LogP contribution is 2.23. The van der Waals surface area contributed by atoms with Gasteiger partial charge in [0, 0.05) is 24.5 Å². The molecule has 1 aliphatic rings. The van der Waals surface area contributed by atoms with Crippen molar-refractivity contribution in [3.8, 4) is 0 Å². The maximum atomic E-state index is 10.8. The van der Waals surface area contributed by atoms with Gasteiger partial charge < -0.3 is 9.84 Å². The summed E-state index contributed by atoms with van der Waals surface area (Å²) in [5, 5.41) is 9.78. The molecule has 1 aromatic heterocycles. The monoisotopic (exact) mass is 227 g/mol. The molecule has 5 heteroatoms. The fraction of sp³-hybridized carbons (Fsp3) is 0.600. The van der Waals surface area contributed by atoms with E-state index in [1.54, 1.807) is 6.92 Å². The number of nitrogens with zero attached hydrogens (tertiary/aromatic N) is 1. The van der Waals surface area contributed by atoms with Gasteiger partial charge in [0.25, 0.3) is 0 Å². The molecule has 1 N–H and O–H groups in total. The van der Waals surface area contributed by atoms with Crippen molar-refractivity contribution in [2.24, 2.45) is 5.92 Å². The second-order valence-electron chi connectivity index (χ2n) is 3.75. The van der Waals surface area contributed by atoms with E-state index in [1.807, 2.05) is 0 Å². The number of aromatic carboxylic acids is 1. The van der Waals surface area contributed by atoms with Gasteiger partial charge in [0.2, 0.25) is 0 Å². The number of carboxylic acids is 1. The van der Waals surface area contributed by atoms with Crippen LogP contribution in [0.15, 0.2) is 0 Å². The van der Waals surface area contributed by atoms with Crippen LogP contribution in [0.3, 0.4) is 0 Å². The van der Waals surface area contributed by atoms with E-state index in [0.717, 1.165) is 35.9 Å². The zero-order chi connectivity index (χ0) is 10.8. The van der Waals surface area contributed by atoms with Gasteiger partial charge in [-0.1, -0.05) is 0 Å². The van der Waals surface area contributed by atoms with Crippen LogP contribution in [-0.2, 0) is 11.2 Å². The van der Waals surface area contributed by atoms with Crippen LogP contribution in [0.2, 0.25) is 0 Å². The van der Waals surface area contributed by atoms with Gasteiger partial charge in [-0.2, -0.15) is 0 Å². The van der Waals surface area contributed by atoms with E-state index < -0.39 is 5.97 Å². The Labute approximate surface area is 91.9 Å². The molecule has 0 amide bonds. The Bertz CT molecular complexity index is 369. The minimum Gasteiger partial charge on any atom is -0.476 e. The Hall–Kier alpha value is -0.940. The lowest BCUT2D eigenvalue weighted by atomic mass is 10.1. The van der Waals surface area contributed by atoms with Crippen LogP contribution in [-0.4, -0.2) is 29.3 Å². The molecule has 15 heavy (non-hydrogen) atoms. The number of aryl methyl sites for hydroxylation is 1. The molecule has 1 aliphatic heterocycles. The van der Waals surface area contributed by atoms with E-state index in [2.05, 4.69) is 4.98 Å². The number of carbonyl (C=O) groups is 1. The van der Waals surface area contributed by atoms with Crippen LogP contribution >= 0.6 is 11.3 Å². The van der Waals surface area contributed by atoms with Gasteiger partial charge in [-0.05, 0) is 19.3 Å². The molecule has 0 saturated carbocycles. The lowest BCUT2D eigenvalue weighted by Gasteiger charge is -2.02. The summed E-state index contributed by atoms with van der Waals surface area (Å²) in [4.78, 5) is 15.7. The minimum absolute atomic E-state index is 0.203. The molecule has 4 nitrogen and oxygen atoms in total. The van der Waals surface area contributed by atoms with Crippen molar-refractivity contribution in [2.45, 2.75) is 19.8 Å². The second-order valence-corrected chi connectivity index (χ2v) is 5.04. The zero-order valence-corrected chi connectivity index (χ0v) is 9.34. The molecular formula is C10H13NO3S. The SMILES string of the molecule is Cc1sc(CC2CCOC2)nc1C(=O)O. The standard InChI is InChI=1S/C10H13NO3S/c1-6-9(10(12)13)11-8(15-6)4-7-2-3-14-5-7/h7H,2-5H2,1H3,(H,12,13). The predicted octanol–water partition coefficient (Wildman–Crippen LogP) is 1.73. The molecule has 2 heterocycles. The number of rotatable bonds is 3. The summed E-state index contributed by atoms with van der Waals surface area (Å²) in [6, 6.07) is 0. The first-order chi connectivity index (χ1) is 7.16. The van der Waals surface area contributed by atoms with Gasteiger partial charge in [0.05, 0.1) is 5.01 Å². The quantitative estimate of drug-likeness (QED) is 0.854. The summed E-state index contributed by atoms with van der Waals surface area (Å²) in [5.41, 5.74) is 0.203. The third-order valence-corrected chi connectivity index (χ3v) is 3.52. The first-order valence-electron chi connectivity index (χ1n) is 4.94. The molecule has 82 valence electrons. The van der Waals surface area contributed by atoms with Gasteiger partial charge in [-0.25, -0.2) is 9.78 Å². The van der Waals surface area contributed by atoms with Gasteiger partial charge in [0.1, 0.15) is 0 Å². The largest absolute Gasteiger partial charge is 0.476 e. The highest BCUT2D eigenvalue weighted by Gasteiger charge is 2.20. The van der Waals surface area contributed by atoms with Crippen LogP contribution in [0.5, 0.6) is 0 Å². The molecule has 1 saturated heterocycles. The summed E-state index contributed by atoms with van der Waals surface area (Å²) in [7, 11) is 0. The second kappa shape index (κ2) is 4.28. The summed E-state index contributed by atoms with van der Waals surface area (Å²) in [6.07, 6.45) is 1.90. The number of carboxylic acid groups (broad SMARTS) is 1. The Morgan fingerprint density at radius 3 is 3.07 bits per heavy atom. The number of hydrogen-bond acceptors (Lipinski definition) is 4. The smallest absolute Gasteiger partial charge is 0.355 e. The van der Waals surface area contributed by atoms with Crippen LogP contribution in [0.1, 0.15) is 26.8 Å². The highest BCUT2D eigenvalue weighted by molar-refractivity contribution is 7.11. The van der Waals surface area contributed by atoms with Crippen molar-refractivity contribution in [1.82, 2.24) is 4.98 Å².